The number of ether oxygens (including phenoxy) is 3. The van der Waals surface area contributed by atoms with Crippen LogP contribution in [0.1, 0.15) is 11.1 Å². The van der Waals surface area contributed by atoms with E-state index >= 15 is 0 Å². The summed E-state index contributed by atoms with van der Waals surface area (Å²) in [6, 6.07) is 11.7. The van der Waals surface area contributed by atoms with Gasteiger partial charge in [0, 0.05) is 0 Å². The molecular formula is C17H19BrO3. The minimum Gasteiger partial charge on any atom is -0.493 e. The van der Waals surface area contributed by atoms with Crippen molar-refractivity contribution in [2.45, 2.75) is 13.8 Å². The van der Waals surface area contributed by atoms with Gasteiger partial charge in [0.05, 0.1) is 11.6 Å². The Morgan fingerprint density at radius 1 is 0.857 bits per heavy atom. The van der Waals surface area contributed by atoms with Crippen LogP contribution in [0.5, 0.6) is 17.2 Å². The van der Waals surface area contributed by atoms with Crippen LogP contribution in [0.4, 0.5) is 0 Å². The first-order chi connectivity index (χ1) is 10.1. The van der Waals surface area contributed by atoms with Gasteiger partial charge in [-0.15, -0.1) is 0 Å². The molecule has 2 aromatic rings. The van der Waals surface area contributed by atoms with Gasteiger partial charge in [-0.2, -0.15) is 0 Å². The third-order valence-corrected chi connectivity index (χ3v) is 3.84. The van der Waals surface area contributed by atoms with Gasteiger partial charge in [0.1, 0.15) is 19.0 Å². The summed E-state index contributed by atoms with van der Waals surface area (Å²) in [5.74, 6) is 2.29. The van der Waals surface area contributed by atoms with E-state index in [2.05, 4.69) is 35.8 Å². The summed E-state index contributed by atoms with van der Waals surface area (Å²) in [6.07, 6.45) is 0. The summed E-state index contributed by atoms with van der Waals surface area (Å²) in [5, 5.41) is 0. The fourth-order valence-electron chi connectivity index (χ4n) is 1.91. The van der Waals surface area contributed by atoms with Crippen LogP contribution in [0, 0.1) is 13.8 Å². The van der Waals surface area contributed by atoms with Gasteiger partial charge >= 0.3 is 0 Å². The Morgan fingerprint density at radius 3 is 2.10 bits per heavy atom. The molecule has 2 rings (SSSR count). The maximum Gasteiger partial charge on any atom is 0.161 e. The summed E-state index contributed by atoms with van der Waals surface area (Å²) < 4.78 is 17.6. The maximum absolute atomic E-state index is 5.76. The predicted octanol–water partition coefficient (Wildman–Crippen LogP) is 4.53. The second kappa shape index (κ2) is 7.36. The third-order valence-electron chi connectivity index (χ3n) is 3.22. The average Bonchev–Trinajstić information content (AvgIpc) is 2.49. The van der Waals surface area contributed by atoms with E-state index in [0.717, 1.165) is 21.7 Å². The highest BCUT2D eigenvalue weighted by molar-refractivity contribution is 9.10. The van der Waals surface area contributed by atoms with Gasteiger partial charge in [-0.3, -0.25) is 0 Å². The SMILES string of the molecule is COc1ccccc1OCCOc1cc(C)c(C)cc1Br. The van der Waals surface area contributed by atoms with Gasteiger partial charge in [-0.25, -0.2) is 0 Å². The lowest BCUT2D eigenvalue weighted by Crippen LogP contribution is -2.10. The van der Waals surface area contributed by atoms with Crippen molar-refractivity contribution in [3.05, 3.63) is 52.0 Å². The Balaban J connectivity index is 1.89. The van der Waals surface area contributed by atoms with Gasteiger partial charge < -0.3 is 14.2 Å². The van der Waals surface area contributed by atoms with Crippen LogP contribution < -0.4 is 14.2 Å². The zero-order chi connectivity index (χ0) is 15.2. The monoisotopic (exact) mass is 350 g/mol. The Morgan fingerprint density at radius 2 is 1.43 bits per heavy atom. The smallest absolute Gasteiger partial charge is 0.161 e. The highest BCUT2D eigenvalue weighted by Crippen LogP contribution is 2.29. The number of benzene rings is 2. The van der Waals surface area contributed by atoms with Gasteiger partial charge in [0.25, 0.3) is 0 Å². The molecule has 0 radical (unpaired) electrons. The zero-order valence-electron chi connectivity index (χ0n) is 12.5. The summed E-state index contributed by atoms with van der Waals surface area (Å²) in [5.41, 5.74) is 2.44. The van der Waals surface area contributed by atoms with E-state index in [4.69, 9.17) is 14.2 Å². The van der Waals surface area contributed by atoms with Gasteiger partial charge in [0.2, 0.25) is 0 Å². The van der Waals surface area contributed by atoms with Crippen LogP contribution in [0.3, 0.4) is 0 Å². The summed E-state index contributed by atoms with van der Waals surface area (Å²) in [6.45, 7) is 5.08. The van der Waals surface area contributed by atoms with Crippen molar-refractivity contribution < 1.29 is 14.2 Å². The Labute approximate surface area is 134 Å². The normalized spacial score (nSPS) is 10.3. The van der Waals surface area contributed by atoms with Crippen molar-refractivity contribution in [3.8, 4) is 17.2 Å². The number of aryl methyl sites for hydroxylation is 2. The molecule has 0 N–H and O–H groups in total. The molecule has 0 aliphatic heterocycles. The van der Waals surface area contributed by atoms with Crippen LogP contribution in [-0.4, -0.2) is 20.3 Å². The van der Waals surface area contributed by atoms with Crippen molar-refractivity contribution in [3.63, 3.8) is 0 Å². The van der Waals surface area contributed by atoms with E-state index < -0.39 is 0 Å². The number of rotatable bonds is 6. The molecule has 3 nitrogen and oxygen atoms in total. The first kappa shape index (κ1) is 15.7. The van der Waals surface area contributed by atoms with Crippen LogP contribution in [0.25, 0.3) is 0 Å². The van der Waals surface area contributed by atoms with E-state index in [1.54, 1.807) is 7.11 Å². The molecule has 0 amide bonds. The quantitative estimate of drug-likeness (QED) is 0.716. The molecule has 0 bridgehead atoms. The maximum atomic E-state index is 5.76. The lowest BCUT2D eigenvalue weighted by atomic mass is 10.1. The zero-order valence-corrected chi connectivity index (χ0v) is 14.1. The first-order valence-corrected chi connectivity index (χ1v) is 7.56. The van der Waals surface area contributed by atoms with E-state index in [-0.39, 0.29) is 0 Å². The molecule has 0 saturated heterocycles. The molecule has 0 unspecified atom stereocenters. The van der Waals surface area contributed by atoms with Crippen LogP contribution in [0.2, 0.25) is 0 Å². The Bertz CT molecular complexity index is 611. The van der Waals surface area contributed by atoms with Crippen molar-refractivity contribution >= 4 is 15.9 Å². The second-order valence-electron chi connectivity index (χ2n) is 4.71. The Kier molecular flexibility index (Phi) is 5.51. The lowest BCUT2D eigenvalue weighted by molar-refractivity contribution is 0.210. The van der Waals surface area contributed by atoms with Crippen molar-refractivity contribution in [2.75, 3.05) is 20.3 Å². The highest BCUT2D eigenvalue weighted by Gasteiger charge is 2.05. The van der Waals surface area contributed by atoms with Crippen molar-refractivity contribution in [1.29, 1.82) is 0 Å². The lowest BCUT2D eigenvalue weighted by Gasteiger charge is -2.13. The number of para-hydroxylation sites is 2. The van der Waals surface area contributed by atoms with Crippen molar-refractivity contribution in [1.82, 2.24) is 0 Å². The molecule has 0 aromatic heterocycles. The van der Waals surface area contributed by atoms with Crippen LogP contribution in [0.15, 0.2) is 40.9 Å². The fourth-order valence-corrected chi connectivity index (χ4v) is 2.48. The topological polar surface area (TPSA) is 27.7 Å². The molecule has 112 valence electrons. The molecular weight excluding hydrogens is 332 g/mol. The summed E-state index contributed by atoms with van der Waals surface area (Å²) in [4.78, 5) is 0. The minimum atomic E-state index is 0.458. The molecule has 0 heterocycles. The molecule has 0 spiro atoms. The van der Waals surface area contributed by atoms with Gasteiger partial charge in [0.15, 0.2) is 11.5 Å². The van der Waals surface area contributed by atoms with E-state index in [1.807, 2.05) is 30.3 Å². The summed E-state index contributed by atoms with van der Waals surface area (Å²) >= 11 is 3.52. The number of hydrogen-bond acceptors (Lipinski definition) is 3. The van der Waals surface area contributed by atoms with E-state index in [9.17, 15) is 0 Å². The molecule has 21 heavy (non-hydrogen) atoms. The number of halogens is 1. The van der Waals surface area contributed by atoms with Crippen molar-refractivity contribution in [2.24, 2.45) is 0 Å². The largest absolute Gasteiger partial charge is 0.493 e. The van der Waals surface area contributed by atoms with E-state index in [0.29, 0.717) is 13.2 Å². The van der Waals surface area contributed by atoms with Crippen LogP contribution >= 0.6 is 15.9 Å². The number of hydrogen-bond donors (Lipinski definition) is 0. The standard InChI is InChI=1S/C17H19BrO3/c1-12-10-14(18)17(11-13(12)2)21-9-8-20-16-7-5-4-6-15(16)19-3/h4-7,10-11H,8-9H2,1-3H3. The van der Waals surface area contributed by atoms with Crippen LogP contribution in [-0.2, 0) is 0 Å². The fraction of sp³-hybridized carbons (Fsp3) is 0.294. The first-order valence-electron chi connectivity index (χ1n) is 6.77. The highest BCUT2D eigenvalue weighted by atomic mass is 79.9. The van der Waals surface area contributed by atoms with Gasteiger partial charge in [-0.1, -0.05) is 12.1 Å². The van der Waals surface area contributed by atoms with Gasteiger partial charge in [-0.05, 0) is 65.2 Å². The minimum absolute atomic E-state index is 0.458. The third kappa shape index (κ3) is 4.14. The molecule has 4 heteroatoms. The molecule has 2 aromatic carbocycles. The Hall–Kier alpha value is -1.68. The average molecular weight is 351 g/mol. The molecule has 0 atom stereocenters. The molecule has 0 aliphatic carbocycles. The summed E-state index contributed by atoms with van der Waals surface area (Å²) in [7, 11) is 1.63. The van der Waals surface area contributed by atoms with E-state index in [1.165, 1.54) is 11.1 Å². The molecule has 0 fully saturated rings. The second-order valence-corrected chi connectivity index (χ2v) is 5.57. The molecule has 0 saturated carbocycles. The molecule has 0 aliphatic rings. The predicted molar refractivity (Wildman–Crippen MR) is 87.6 cm³/mol. The number of methoxy groups -OCH3 is 1.